The molecule has 1 saturated heterocycles. The Bertz CT molecular complexity index is 2000. The molecule has 0 saturated carbocycles. The van der Waals surface area contributed by atoms with E-state index in [4.69, 9.17) is 4.74 Å². The van der Waals surface area contributed by atoms with Crippen LogP contribution < -0.4 is 15.4 Å². The normalized spacial score (nSPS) is 18.0. The standard InChI is InChI=1S/C32H32F15N5O7S/c1-15-8-16(2)23(17(3)9-15)60(57,58)51-20(24(54)55)12-50-22(53)14-59-19-10-18(11-49-21-6-4-5-7-48-21)52(13-19)25(56)26(33,34)27(35,36)28(37,38)29(39,40)30(41,42)31(43,44)32(45,46)47/h4-9,18-20,51H,10-14H2,1-3H3,(H,48,49)(H,50,53)(H,54,55). The topological polar surface area (TPSA) is 167 Å². The van der Waals surface area contributed by atoms with Crippen molar-refractivity contribution in [2.24, 2.45) is 0 Å². The van der Waals surface area contributed by atoms with E-state index in [9.17, 15) is 85.0 Å². The molecule has 3 unspecified atom stereocenters. The van der Waals surface area contributed by atoms with Crippen molar-refractivity contribution < 1.29 is 98.5 Å². The van der Waals surface area contributed by atoms with Crippen molar-refractivity contribution in [2.75, 3.05) is 31.6 Å². The summed E-state index contributed by atoms with van der Waals surface area (Å²) < 4.78 is 241. The molecule has 12 nitrogen and oxygen atoms in total. The van der Waals surface area contributed by atoms with Gasteiger partial charge in [0, 0.05) is 25.8 Å². The molecule has 0 radical (unpaired) electrons. The van der Waals surface area contributed by atoms with Crippen LogP contribution in [-0.2, 0) is 29.1 Å². The van der Waals surface area contributed by atoms with E-state index in [0.717, 1.165) is 6.20 Å². The van der Waals surface area contributed by atoms with Crippen LogP contribution in [0.25, 0.3) is 0 Å². The second-order valence-electron chi connectivity index (χ2n) is 13.4. The average Bonchev–Trinajstić information content (AvgIpc) is 3.52. The number of nitrogens with one attached hydrogen (secondary N) is 3. The number of halogens is 15. The summed E-state index contributed by atoms with van der Waals surface area (Å²) in [6.45, 7) is 0.0725. The number of carboxylic acids is 1. The van der Waals surface area contributed by atoms with Crippen molar-refractivity contribution in [1.29, 1.82) is 0 Å². The molecule has 1 aliphatic rings. The lowest BCUT2D eigenvalue weighted by Gasteiger charge is -2.41. The predicted molar refractivity (Wildman–Crippen MR) is 174 cm³/mol. The fraction of sp³-hybridized carbons (Fsp3) is 0.562. The molecule has 2 aromatic rings. The van der Waals surface area contributed by atoms with E-state index in [1.54, 1.807) is 6.92 Å². The van der Waals surface area contributed by atoms with E-state index in [1.807, 2.05) is 10.0 Å². The van der Waals surface area contributed by atoms with Crippen molar-refractivity contribution in [3.63, 3.8) is 0 Å². The monoisotopic (exact) mass is 915 g/mol. The van der Waals surface area contributed by atoms with Crippen LogP contribution in [0.15, 0.2) is 41.4 Å². The van der Waals surface area contributed by atoms with E-state index in [2.05, 4.69) is 10.3 Å². The highest BCUT2D eigenvalue weighted by Gasteiger charge is 2.94. The summed E-state index contributed by atoms with van der Waals surface area (Å²) in [5, 5.41) is 13.9. The molecule has 4 N–H and O–H groups in total. The number of alkyl halides is 15. The van der Waals surface area contributed by atoms with Crippen LogP contribution in [0.2, 0.25) is 0 Å². The summed E-state index contributed by atoms with van der Waals surface area (Å²) in [5.74, 6) is -56.0. The van der Waals surface area contributed by atoms with Gasteiger partial charge in [-0.05, 0) is 50.5 Å². The Morgan fingerprint density at radius 2 is 1.38 bits per heavy atom. The number of aromatic nitrogens is 1. The van der Waals surface area contributed by atoms with Gasteiger partial charge < -0.3 is 25.4 Å². The highest BCUT2D eigenvalue weighted by molar-refractivity contribution is 7.89. The largest absolute Gasteiger partial charge is 0.480 e. The molecule has 3 atom stereocenters. The molecular weight excluding hydrogens is 883 g/mol. The number of sulfonamides is 1. The van der Waals surface area contributed by atoms with E-state index in [0.29, 0.717) is 5.56 Å². The fourth-order valence-electron chi connectivity index (χ4n) is 5.88. The second kappa shape index (κ2) is 17.0. The number of benzene rings is 1. The Labute approximate surface area is 328 Å². The van der Waals surface area contributed by atoms with E-state index >= 15 is 8.78 Å². The third-order valence-electron chi connectivity index (χ3n) is 8.84. The molecule has 3 rings (SSSR count). The van der Waals surface area contributed by atoms with Gasteiger partial charge in [0.1, 0.15) is 18.5 Å². The van der Waals surface area contributed by atoms with E-state index < -0.39 is 125 Å². The number of likely N-dealkylation sites (tertiary alicyclic amines) is 1. The zero-order valence-electron chi connectivity index (χ0n) is 30.6. The molecule has 28 heteroatoms. The molecule has 60 heavy (non-hydrogen) atoms. The minimum atomic E-state index is -8.62. The number of ether oxygens (including phenoxy) is 1. The summed E-state index contributed by atoms with van der Waals surface area (Å²) in [6.07, 6.45) is -9.23. The molecule has 2 heterocycles. The highest BCUT2D eigenvalue weighted by atomic mass is 32.2. The number of pyridine rings is 1. The zero-order valence-corrected chi connectivity index (χ0v) is 31.4. The zero-order chi connectivity index (χ0) is 46.2. The number of hydrogen-bond donors (Lipinski definition) is 4. The molecule has 1 fully saturated rings. The smallest absolute Gasteiger partial charge is 0.460 e. The summed E-state index contributed by atoms with van der Waals surface area (Å²) >= 11 is 0. The lowest BCUT2D eigenvalue weighted by atomic mass is 9.90. The number of carbonyl (C=O) groups is 3. The number of anilines is 1. The van der Waals surface area contributed by atoms with Crippen LogP contribution in [0.3, 0.4) is 0 Å². The van der Waals surface area contributed by atoms with Crippen molar-refractivity contribution in [2.45, 2.75) is 92.0 Å². The van der Waals surface area contributed by atoms with Crippen LogP contribution in [-0.4, -0.2) is 127 Å². The highest BCUT2D eigenvalue weighted by Crippen LogP contribution is 2.62. The lowest BCUT2D eigenvalue weighted by Crippen LogP contribution is -2.74. The van der Waals surface area contributed by atoms with Gasteiger partial charge in [-0.1, -0.05) is 23.8 Å². The maximum Gasteiger partial charge on any atom is 0.460 e. The Balaban J connectivity index is 1.83. The van der Waals surface area contributed by atoms with Crippen LogP contribution in [0, 0.1) is 20.8 Å². The third kappa shape index (κ3) is 9.32. The van der Waals surface area contributed by atoms with Gasteiger partial charge in [0.2, 0.25) is 15.9 Å². The number of nitrogens with zero attached hydrogens (tertiary/aromatic N) is 2. The number of aliphatic carboxylic acids is 1. The fourth-order valence-corrected chi connectivity index (χ4v) is 7.53. The van der Waals surface area contributed by atoms with Gasteiger partial charge in [-0.25, -0.2) is 13.4 Å². The molecule has 0 aliphatic carbocycles. The van der Waals surface area contributed by atoms with E-state index in [1.165, 1.54) is 44.2 Å². The molecule has 1 aromatic carbocycles. The number of carboxylic acid groups (broad SMARTS) is 1. The first kappa shape index (κ1) is 49.8. The molecule has 0 bridgehead atoms. The molecule has 2 amide bonds. The number of aryl methyl sites for hydroxylation is 3. The summed E-state index contributed by atoms with van der Waals surface area (Å²) in [4.78, 5) is 40.3. The summed E-state index contributed by atoms with van der Waals surface area (Å²) in [7, 11) is -4.54. The van der Waals surface area contributed by atoms with E-state index in [-0.39, 0.29) is 21.8 Å². The van der Waals surface area contributed by atoms with Gasteiger partial charge in [0.05, 0.1) is 17.0 Å². The summed E-state index contributed by atoms with van der Waals surface area (Å²) in [6, 6.07) is 2.89. The van der Waals surface area contributed by atoms with Gasteiger partial charge in [-0.3, -0.25) is 14.4 Å². The summed E-state index contributed by atoms with van der Waals surface area (Å²) in [5.41, 5.74) is 1.15. The van der Waals surface area contributed by atoms with Crippen molar-refractivity contribution in [3.8, 4) is 0 Å². The first-order chi connectivity index (χ1) is 27.1. The van der Waals surface area contributed by atoms with Crippen LogP contribution in [0.1, 0.15) is 23.1 Å². The van der Waals surface area contributed by atoms with Gasteiger partial charge in [0.15, 0.2) is 0 Å². The van der Waals surface area contributed by atoms with Gasteiger partial charge in [-0.2, -0.15) is 70.6 Å². The van der Waals surface area contributed by atoms with Crippen LogP contribution in [0.4, 0.5) is 71.7 Å². The molecule has 1 aliphatic heterocycles. The maximum atomic E-state index is 15.1. The van der Waals surface area contributed by atoms with Gasteiger partial charge in [-0.15, -0.1) is 0 Å². The van der Waals surface area contributed by atoms with Crippen molar-refractivity contribution in [3.05, 3.63) is 53.2 Å². The number of carbonyl (C=O) groups excluding carboxylic acids is 2. The van der Waals surface area contributed by atoms with Gasteiger partial charge in [0.25, 0.3) is 5.91 Å². The Morgan fingerprint density at radius 3 is 1.88 bits per heavy atom. The van der Waals surface area contributed by atoms with Gasteiger partial charge >= 0.3 is 47.7 Å². The quantitative estimate of drug-likeness (QED) is 0.145. The van der Waals surface area contributed by atoms with Crippen LogP contribution in [0.5, 0.6) is 0 Å². The minimum Gasteiger partial charge on any atom is -0.480 e. The first-order valence-electron chi connectivity index (χ1n) is 16.6. The Kier molecular flexibility index (Phi) is 14.1. The number of amides is 2. The minimum absolute atomic E-state index is 0.124. The molecule has 338 valence electrons. The predicted octanol–water partition coefficient (Wildman–Crippen LogP) is 5.33. The Morgan fingerprint density at radius 1 is 0.850 bits per heavy atom. The third-order valence-corrected chi connectivity index (χ3v) is 10.6. The van der Waals surface area contributed by atoms with Crippen molar-refractivity contribution in [1.82, 2.24) is 19.9 Å². The number of rotatable bonds is 18. The first-order valence-corrected chi connectivity index (χ1v) is 18.1. The Hall–Kier alpha value is -4.60. The number of hydrogen-bond acceptors (Lipinski definition) is 8. The lowest BCUT2D eigenvalue weighted by molar-refractivity contribution is -0.449. The molecule has 1 aromatic heterocycles. The molecule has 0 spiro atoms. The molecular formula is C32H32F15N5O7S. The second-order valence-corrected chi connectivity index (χ2v) is 15.0. The van der Waals surface area contributed by atoms with Crippen molar-refractivity contribution >= 4 is 33.6 Å². The SMILES string of the molecule is Cc1cc(C)c(S(=O)(=O)NC(CNC(=O)COC2CC(CNc3ccccn3)N(C(=O)C(F)(F)C(F)(F)C(F)(F)C(F)(F)C(F)(F)C(F)(F)C(F)(F)F)C2)C(=O)O)c(C)c1. The maximum absolute atomic E-state index is 15.1. The van der Waals surface area contributed by atoms with Crippen LogP contribution >= 0.6 is 0 Å². The average molecular weight is 916 g/mol.